The van der Waals surface area contributed by atoms with Gasteiger partial charge in [-0.2, -0.15) is 0 Å². The van der Waals surface area contributed by atoms with Gasteiger partial charge in [-0.3, -0.25) is 4.79 Å². The summed E-state index contributed by atoms with van der Waals surface area (Å²) in [5.74, 6) is 1.47. The van der Waals surface area contributed by atoms with Gasteiger partial charge in [-0.25, -0.2) is 0 Å². The van der Waals surface area contributed by atoms with E-state index in [0.29, 0.717) is 12.0 Å². The highest BCUT2D eigenvalue weighted by Crippen LogP contribution is 2.34. The van der Waals surface area contributed by atoms with E-state index < -0.39 is 0 Å². The molecule has 0 spiro atoms. The highest BCUT2D eigenvalue weighted by atomic mass is 16.5. The van der Waals surface area contributed by atoms with Crippen molar-refractivity contribution in [2.45, 2.75) is 25.8 Å². The van der Waals surface area contributed by atoms with E-state index in [4.69, 9.17) is 4.74 Å². The molecule has 0 radical (unpaired) electrons. The largest absolute Gasteiger partial charge is 0.484 e. The van der Waals surface area contributed by atoms with Crippen LogP contribution in [-0.4, -0.2) is 30.5 Å². The molecular weight excluding hydrogens is 262 g/mol. The molecule has 3 rings (SSSR count). The second-order valence-electron chi connectivity index (χ2n) is 5.88. The molecule has 2 aromatic rings. The molecule has 0 aliphatic heterocycles. The number of ether oxygens (including phenoxy) is 1. The lowest BCUT2D eigenvalue weighted by Gasteiger charge is -2.24. The van der Waals surface area contributed by atoms with Crippen LogP contribution in [0.4, 0.5) is 0 Å². The Hall–Kier alpha value is -2.03. The van der Waals surface area contributed by atoms with E-state index in [0.717, 1.165) is 11.1 Å². The van der Waals surface area contributed by atoms with E-state index in [1.165, 1.54) is 18.2 Å². The summed E-state index contributed by atoms with van der Waals surface area (Å²) in [5, 5.41) is 2.30. The molecule has 3 nitrogen and oxygen atoms in total. The maximum absolute atomic E-state index is 12.2. The second-order valence-corrected chi connectivity index (χ2v) is 5.88. The van der Waals surface area contributed by atoms with Crippen molar-refractivity contribution in [3.63, 3.8) is 0 Å². The van der Waals surface area contributed by atoms with E-state index in [-0.39, 0.29) is 12.5 Å². The van der Waals surface area contributed by atoms with Gasteiger partial charge in [0.2, 0.25) is 0 Å². The van der Waals surface area contributed by atoms with Gasteiger partial charge in [-0.15, -0.1) is 0 Å². The lowest BCUT2D eigenvalue weighted by molar-refractivity contribution is -0.134. The molecule has 1 amide bonds. The molecule has 0 bridgehead atoms. The summed E-state index contributed by atoms with van der Waals surface area (Å²) in [6.45, 7) is 2.22. The number of hydrogen-bond acceptors (Lipinski definition) is 2. The van der Waals surface area contributed by atoms with Crippen molar-refractivity contribution in [2.75, 3.05) is 13.7 Å². The van der Waals surface area contributed by atoms with E-state index in [1.807, 2.05) is 48.3 Å². The fourth-order valence-corrected chi connectivity index (χ4v) is 2.63. The summed E-state index contributed by atoms with van der Waals surface area (Å²) in [6, 6.07) is 14.4. The number of carbonyl (C=O) groups is 1. The van der Waals surface area contributed by atoms with Crippen molar-refractivity contribution in [2.24, 2.45) is 5.92 Å². The predicted octanol–water partition coefficient (Wildman–Crippen LogP) is 3.48. The third-order valence-corrected chi connectivity index (χ3v) is 4.39. The third kappa shape index (κ3) is 3.18. The molecule has 1 atom stereocenters. The Morgan fingerprint density at radius 3 is 2.67 bits per heavy atom. The molecular formula is C18H21NO2. The number of carbonyl (C=O) groups excluding carboxylic acids is 1. The molecule has 1 unspecified atom stereocenters. The number of benzene rings is 2. The van der Waals surface area contributed by atoms with Crippen LogP contribution >= 0.6 is 0 Å². The van der Waals surface area contributed by atoms with Gasteiger partial charge in [-0.1, -0.05) is 30.3 Å². The average Bonchev–Trinajstić information content (AvgIpc) is 3.35. The second kappa shape index (κ2) is 5.76. The van der Waals surface area contributed by atoms with E-state index in [1.54, 1.807) is 0 Å². The Morgan fingerprint density at radius 1 is 1.24 bits per heavy atom. The summed E-state index contributed by atoms with van der Waals surface area (Å²) < 4.78 is 5.66. The van der Waals surface area contributed by atoms with Gasteiger partial charge in [0, 0.05) is 13.1 Å². The Bertz CT molecular complexity index is 648. The zero-order valence-corrected chi connectivity index (χ0v) is 12.6. The Kier molecular flexibility index (Phi) is 3.82. The van der Waals surface area contributed by atoms with Crippen molar-refractivity contribution < 1.29 is 9.53 Å². The predicted molar refractivity (Wildman–Crippen MR) is 84.4 cm³/mol. The van der Waals surface area contributed by atoms with Gasteiger partial charge in [0.15, 0.2) is 6.61 Å². The number of amides is 1. The Balaban J connectivity index is 1.61. The first-order valence-corrected chi connectivity index (χ1v) is 7.52. The van der Waals surface area contributed by atoms with Gasteiger partial charge < -0.3 is 9.64 Å². The minimum absolute atomic E-state index is 0.0440. The van der Waals surface area contributed by atoms with Crippen molar-refractivity contribution in [1.82, 2.24) is 4.90 Å². The van der Waals surface area contributed by atoms with Crippen LogP contribution in [0.1, 0.15) is 19.8 Å². The summed E-state index contributed by atoms with van der Waals surface area (Å²) >= 11 is 0. The minimum atomic E-state index is 0.0440. The van der Waals surface area contributed by atoms with Crippen LogP contribution in [0.3, 0.4) is 0 Å². The normalized spacial score (nSPS) is 15.7. The zero-order chi connectivity index (χ0) is 14.8. The van der Waals surface area contributed by atoms with Gasteiger partial charge in [0.05, 0.1) is 0 Å². The maximum Gasteiger partial charge on any atom is 0.260 e. The van der Waals surface area contributed by atoms with Gasteiger partial charge in [0.25, 0.3) is 5.91 Å². The maximum atomic E-state index is 12.2. The number of hydrogen-bond donors (Lipinski definition) is 0. The topological polar surface area (TPSA) is 29.5 Å². The summed E-state index contributed by atoms with van der Waals surface area (Å²) in [7, 11) is 1.87. The van der Waals surface area contributed by atoms with Crippen LogP contribution in [0.2, 0.25) is 0 Å². The fourth-order valence-electron chi connectivity index (χ4n) is 2.63. The first kappa shape index (κ1) is 13.9. The molecule has 21 heavy (non-hydrogen) atoms. The highest BCUT2D eigenvalue weighted by molar-refractivity contribution is 5.84. The highest BCUT2D eigenvalue weighted by Gasteiger charge is 2.32. The first-order chi connectivity index (χ1) is 10.1. The molecule has 1 saturated carbocycles. The van der Waals surface area contributed by atoms with Crippen molar-refractivity contribution in [3.05, 3.63) is 42.5 Å². The molecule has 1 aliphatic carbocycles. The number of rotatable bonds is 5. The van der Waals surface area contributed by atoms with Crippen LogP contribution in [-0.2, 0) is 4.79 Å². The molecule has 0 heterocycles. The minimum Gasteiger partial charge on any atom is -0.484 e. The lowest BCUT2D eigenvalue weighted by Crippen LogP contribution is -2.39. The number of fused-ring (bicyclic) bond motifs is 1. The Morgan fingerprint density at radius 2 is 1.95 bits per heavy atom. The standard InChI is InChI=1S/C18H21NO2/c1-13(14-7-8-14)19(2)18(20)12-21-17-10-9-15-5-3-4-6-16(15)11-17/h3-6,9-11,13-14H,7-8,12H2,1-2H3. The molecule has 0 N–H and O–H groups in total. The number of likely N-dealkylation sites (N-methyl/N-ethyl adjacent to an activating group) is 1. The van der Waals surface area contributed by atoms with Gasteiger partial charge in [-0.05, 0) is 48.6 Å². The summed E-state index contributed by atoms with van der Waals surface area (Å²) in [4.78, 5) is 14.0. The average molecular weight is 283 g/mol. The van der Waals surface area contributed by atoms with E-state index >= 15 is 0 Å². The molecule has 1 aliphatic rings. The van der Waals surface area contributed by atoms with Crippen molar-refractivity contribution >= 4 is 16.7 Å². The first-order valence-electron chi connectivity index (χ1n) is 7.52. The van der Waals surface area contributed by atoms with Crippen molar-refractivity contribution in [1.29, 1.82) is 0 Å². The molecule has 3 heteroatoms. The van der Waals surface area contributed by atoms with Gasteiger partial charge in [0.1, 0.15) is 5.75 Å². The molecule has 2 aromatic carbocycles. The SMILES string of the molecule is CC(C1CC1)N(C)C(=O)COc1ccc2ccccc2c1. The smallest absolute Gasteiger partial charge is 0.260 e. The molecule has 110 valence electrons. The van der Waals surface area contributed by atoms with Crippen LogP contribution in [0.5, 0.6) is 5.75 Å². The molecule has 0 saturated heterocycles. The van der Waals surface area contributed by atoms with E-state index in [2.05, 4.69) is 13.0 Å². The summed E-state index contributed by atoms with van der Waals surface area (Å²) in [5.41, 5.74) is 0. The van der Waals surface area contributed by atoms with Crippen LogP contribution < -0.4 is 4.74 Å². The van der Waals surface area contributed by atoms with Crippen molar-refractivity contribution in [3.8, 4) is 5.75 Å². The van der Waals surface area contributed by atoms with Crippen LogP contribution in [0.25, 0.3) is 10.8 Å². The summed E-state index contributed by atoms with van der Waals surface area (Å²) in [6.07, 6.45) is 2.48. The quantitative estimate of drug-likeness (QED) is 0.841. The number of nitrogens with zero attached hydrogens (tertiary/aromatic N) is 1. The Labute approximate surface area is 125 Å². The lowest BCUT2D eigenvalue weighted by atomic mass is 10.1. The third-order valence-electron chi connectivity index (χ3n) is 4.39. The van der Waals surface area contributed by atoms with Gasteiger partial charge >= 0.3 is 0 Å². The van der Waals surface area contributed by atoms with Crippen LogP contribution in [0.15, 0.2) is 42.5 Å². The van der Waals surface area contributed by atoms with E-state index in [9.17, 15) is 4.79 Å². The fraction of sp³-hybridized carbons (Fsp3) is 0.389. The monoisotopic (exact) mass is 283 g/mol. The zero-order valence-electron chi connectivity index (χ0n) is 12.6. The van der Waals surface area contributed by atoms with Crippen LogP contribution in [0, 0.1) is 5.92 Å². The molecule has 1 fully saturated rings. The molecule has 0 aromatic heterocycles.